The molecule has 0 aromatic rings. The van der Waals surface area contributed by atoms with Gasteiger partial charge in [0, 0.05) is 32.7 Å². The Morgan fingerprint density at radius 3 is 2.23 bits per heavy atom. The first-order chi connectivity index (χ1) is 9.83. The number of rotatable bonds is 3. The van der Waals surface area contributed by atoms with Crippen LogP contribution in [0.5, 0.6) is 0 Å². The van der Waals surface area contributed by atoms with Crippen LogP contribution < -0.4 is 5.32 Å². The van der Waals surface area contributed by atoms with Crippen molar-refractivity contribution in [2.24, 2.45) is 11.8 Å². The number of hydrogen-bond acceptors (Lipinski definition) is 3. The van der Waals surface area contributed by atoms with Crippen molar-refractivity contribution in [1.82, 2.24) is 15.1 Å². The number of carbonyl (C=O) groups excluding carboxylic acids is 1. The molecule has 3 rings (SSSR count). The maximum Gasteiger partial charge on any atom is 0.228 e. The molecule has 1 atom stereocenters. The molecular weight excluding hydrogens is 321 g/mol. The van der Waals surface area contributed by atoms with E-state index in [1.165, 1.54) is 58.2 Å². The topological polar surface area (TPSA) is 35.6 Å². The summed E-state index contributed by atoms with van der Waals surface area (Å²) >= 11 is 0. The third-order valence-corrected chi connectivity index (χ3v) is 5.18. The lowest BCUT2D eigenvalue weighted by molar-refractivity contribution is -0.139. The van der Waals surface area contributed by atoms with Gasteiger partial charge in [-0.25, -0.2) is 0 Å². The van der Waals surface area contributed by atoms with Crippen molar-refractivity contribution in [2.45, 2.75) is 38.5 Å². The highest BCUT2D eigenvalue weighted by Crippen LogP contribution is 2.21. The average molecular weight is 352 g/mol. The van der Waals surface area contributed by atoms with E-state index in [4.69, 9.17) is 0 Å². The van der Waals surface area contributed by atoms with Crippen LogP contribution in [0, 0.1) is 11.8 Å². The summed E-state index contributed by atoms with van der Waals surface area (Å²) < 4.78 is 0. The van der Waals surface area contributed by atoms with Gasteiger partial charge in [-0.05, 0) is 44.7 Å². The molecule has 3 aliphatic rings. The SMILES string of the molecule is Cl.Cl.O=C(C1CNC1)N1CCCC(CN2CCCCCC2)C1. The number of hydrogen-bond donors (Lipinski definition) is 1. The zero-order valence-corrected chi connectivity index (χ0v) is 15.1. The van der Waals surface area contributed by atoms with E-state index in [9.17, 15) is 4.79 Å². The maximum atomic E-state index is 12.3. The van der Waals surface area contributed by atoms with Crippen LogP contribution in [0.2, 0.25) is 0 Å². The number of piperidine rings is 1. The standard InChI is InChI=1S/C16H29N3O.2ClH/c20-16(15-10-17-11-15)19-9-5-6-14(13-19)12-18-7-3-1-2-4-8-18;;/h14-15,17H,1-13H2;2*1H. The lowest BCUT2D eigenvalue weighted by Crippen LogP contribution is -2.54. The molecule has 0 saturated carbocycles. The van der Waals surface area contributed by atoms with Gasteiger partial charge in [0.2, 0.25) is 5.91 Å². The Morgan fingerprint density at radius 1 is 0.955 bits per heavy atom. The van der Waals surface area contributed by atoms with Crippen molar-refractivity contribution in [2.75, 3.05) is 45.8 Å². The minimum Gasteiger partial charge on any atom is -0.342 e. The number of carbonyl (C=O) groups is 1. The maximum absolute atomic E-state index is 12.3. The molecule has 1 unspecified atom stereocenters. The fourth-order valence-corrected chi connectivity index (χ4v) is 3.82. The highest BCUT2D eigenvalue weighted by atomic mass is 35.5. The molecule has 1 amide bonds. The Kier molecular flexibility index (Phi) is 9.07. The average Bonchev–Trinajstić information content (AvgIpc) is 2.66. The predicted molar refractivity (Wildman–Crippen MR) is 95.1 cm³/mol. The second kappa shape index (κ2) is 9.96. The summed E-state index contributed by atoms with van der Waals surface area (Å²) in [6, 6.07) is 0. The van der Waals surface area contributed by atoms with Crippen molar-refractivity contribution in [3.8, 4) is 0 Å². The van der Waals surface area contributed by atoms with E-state index in [0.717, 1.165) is 26.2 Å². The zero-order valence-electron chi connectivity index (χ0n) is 13.5. The number of halogens is 2. The first-order valence-electron chi connectivity index (χ1n) is 8.55. The molecule has 3 fully saturated rings. The fourth-order valence-electron chi connectivity index (χ4n) is 3.82. The third kappa shape index (κ3) is 5.26. The summed E-state index contributed by atoms with van der Waals surface area (Å²) in [6.45, 7) is 7.55. The van der Waals surface area contributed by atoms with Crippen LogP contribution in [-0.2, 0) is 4.79 Å². The molecule has 0 aliphatic carbocycles. The largest absolute Gasteiger partial charge is 0.342 e. The molecular formula is C16H31Cl2N3O. The van der Waals surface area contributed by atoms with Crippen LogP contribution in [0.25, 0.3) is 0 Å². The summed E-state index contributed by atoms with van der Waals surface area (Å²) in [5.41, 5.74) is 0. The van der Waals surface area contributed by atoms with Crippen molar-refractivity contribution < 1.29 is 4.79 Å². The molecule has 22 heavy (non-hydrogen) atoms. The molecule has 0 radical (unpaired) electrons. The molecule has 0 bridgehead atoms. The molecule has 6 heteroatoms. The van der Waals surface area contributed by atoms with Crippen molar-refractivity contribution >= 4 is 30.7 Å². The van der Waals surface area contributed by atoms with Gasteiger partial charge in [-0.15, -0.1) is 24.8 Å². The molecule has 0 aromatic heterocycles. The Bertz CT molecular complexity index is 331. The number of amides is 1. The van der Waals surface area contributed by atoms with Gasteiger partial charge in [-0.2, -0.15) is 0 Å². The summed E-state index contributed by atoms with van der Waals surface area (Å²) in [5, 5.41) is 3.21. The molecule has 1 N–H and O–H groups in total. The van der Waals surface area contributed by atoms with E-state index < -0.39 is 0 Å². The van der Waals surface area contributed by atoms with Gasteiger partial charge in [0.1, 0.15) is 0 Å². The van der Waals surface area contributed by atoms with Crippen molar-refractivity contribution in [1.29, 1.82) is 0 Å². The lowest BCUT2D eigenvalue weighted by Gasteiger charge is -2.39. The van der Waals surface area contributed by atoms with Gasteiger partial charge >= 0.3 is 0 Å². The van der Waals surface area contributed by atoms with E-state index in [-0.39, 0.29) is 30.7 Å². The Morgan fingerprint density at radius 2 is 1.64 bits per heavy atom. The van der Waals surface area contributed by atoms with E-state index in [2.05, 4.69) is 15.1 Å². The van der Waals surface area contributed by atoms with Gasteiger partial charge in [0.15, 0.2) is 0 Å². The van der Waals surface area contributed by atoms with Crippen LogP contribution in [-0.4, -0.2) is 61.5 Å². The van der Waals surface area contributed by atoms with Crippen LogP contribution in [0.15, 0.2) is 0 Å². The second-order valence-electron chi connectivity index (χ2n) is 6.86. The Balaban J connectivity index is 0.00000121. The molecule has 3 saturated heterocycles. The molecule has 3 aliphatic heterocycles. The van der Waals surface area contributed by atoms with Gasteiger partial charge in [-0.1, -0.05) is 12.8 Å². The van der Waals surface area contributed by atoms with Crippen molar-refractivity contribution in [3.63, 3.8) is 0 Å². The minimum absolute atomic E-state index is 0. The highest BCUT2D eigenvalue weighted by molar-refractivity contribution is 5.85. The first kappa shape index (κ1) is 20.0. The summed E-state index contributed by atoms with van der Waals surface area (Å²) in [6.07, 6.45) is 8.04. The second-order valence-corrected chi connectivity index (χ2v) is 6.86. The Hall–Kier alpha value is -0.0300. The smallest absolute Gasteiger partial charge is 0.228 e. The van der Waals surface area contributed by atoms with Gasteiger partial charge in [0.05, 0.1) is 5.92 Å². The predicted octanol–water partition coefficient (Wildman–Crippen LogP) is 2.16. The summed E-state index contributed by atoms with van der Waals surface area (Å²) in [5.74, 6) is 1.38. The van der Waals surface area contributed by atoms with Crippen LogP contribution in [0.3, 0.4) is 0 Å². The van der Waals surface area contributed by atoms with Crippen LogP contribution in [0.1, 0.15) is 38.5 Å². The quantitative estimate of drug-likeness (QED) is 0.846. The molecule has 4 nitrogen and oxygen atoms in total. The fraction of sp³-hybridized carbons (Fsp3) is 0.938. The highest BCUT2D eigenvalue weighted by Gasteiger charge is 2.32. The first-order valence-corrected chi connectivity index (χ1v) is 8.55. The van der Waals surface area contributed by atoms with Gasteiger partial charge < -0.3 is 15.1 Å². The van der Waals surface area contributed by atoms with E-state index >= 15 is 0 Å². The van der Waals surface area contributed by atoms with E-state index in [1.54, 1.807) is 0 Å². The lowest BCUT2D eigenvalue weighted by atomic mass is 9.94. The van der Waals surface area contributed by atoms with Gasteiger partial charge in [0.25, 0.3) is 0 Å². The van der Waals surface area contributed by atoms with Crippen LogP contribution in [0.4, 0.5) is 0 Å². The van der Waals surface area contributed by atoms with Gasteiger partial charge in [-0.3, -0.25) is 4.79 Å². The number of nitrogens with zero attached hydrogens (tertiary/aromatic N) is 2. The number of nitrogens with one attached hydrogen (secondary N) is 1. The summed E-state index contributed by atoms with van der Waals surface area (Å²) in [4.78, 5) is 17.1. The van der Waals surface area contributed by atoms with Crippen LogP contribution >= 0.6 is 24.8 Å². The monoisotopic (exact) mass is 351 g/mol. The van der Waals surface area contributed by atoms with Crippen molar-refractivity contribution in [3.05, 3.63) is 0 Å². The van der Waals surface area contributed by atoms with E-state index in [0.29, 0.717) is 11.8 Å². The Labute approximate surface area is 147 Å². The van der Waals surface area contributed by atoms with E-state index in [1.807, 2.05) is 0 Å². The molecule has 0 spiro atoms. The molecule has 130 valence electrons. The molecule has 3 heterocycles. The summed E-state index contributed by atoms with van der Waals surface area (Å²) in [7, 11) is 0. The molecule has 0 aromatic carbocycles. The third-order valence-electron chi connectivity index (χ3n) is 5.18. The minimum atomic E-state index is 0. The number of likely N-dealkylation sites (tertiary alicyclic amines) is 2. The zero-order chi connectivity index (χ0) is 13.8. The normalized spacial score (nSPS) is 27.1.